The van der Waals surface area contributed by atoms with Gasteiger partial charge >= 0.3 is 0 Å². The quantitative estimate of drug-likeness (QED) is 0.597. The van der Waals surface area contributed by atoms with Gasteiger partial charge in [0.2, 0.25) is 5.95 Å². The van der Waals surface area contributed by atoms with E-state index < -0.39 is 0 Å². The molecule has 0 saturated heterocycles. The number of rotatable bonds is 3. The molecule has 8 nitrogen and oxygen atoms in total. The van der Waals surface area contributed by atoms with Crippen molar-refractivity contribution in [2.75, 3.05) is 12.8 Å². The molecule has 1 aliphatic rings. The molecule has 1 aliphatic heterocycles. The van der Waals surface area contributed by atoms with Crippen molar-refractivity contribution in [2.45, 2.75) is 26.6 Å². The summed E-state index contributed by atoms with van der Waals surface area (Å²) >= 11 is 0. The minimum atomic E-state index is 0.294. The molecule has 0 aliphatic carbocycles. The average Bonchev–Trinajstić information content (AvgIpc) is 3.25. The van der Waals surface area contributed by atoms with Crippen molar-refractivity contribution in [1.29, 1.82) is 0 Å². The van der Waals surface area contributed by atoms with Gasteiger partial charge in [-0.2, -0.15) is 4.52 Å². The summed E-state index contributed by atoms with van der Waals surface area (Å²) in [5, 5.41) is 5.44. The van der Waals surface area contributed by atoms with E-state index in [2.05, 4.69) is 33.0 Å². The molecule has 0 spiro atoms. The second-order valence-corrected chi connectivity index (χ2v) is 6.85. The van der Waals surface area contributed by atoms with Crippen LogP contribution in [0.2, 0.25) is 0 Å². The van der Waals surface area contributed by atoms with E-state index in [4.69, 9.17) is 15.5 Å². The van der Waals surface area contributed by atoms with Crippen molar-refractivity contribution >= 4 is 22.5 Å². The molecule has 136 valence electrons. The van der Waals surface area contributed by atoms with Gasteiger partial charge in [0.25, 0.3) is 0 Å². The fourth-order valence-electron chi connectivity index (χ4n) is 3.66. The highest BCUT2D eigenvalue weighted by molar-refractivity contribution is 5.95. The largest absolute Gasteiger partial charge is 0.494 e. The summed E-state index contributed by atoms with van der Waals surface area (Å²) in [5.74, 6) is 1.67. The molecule has 4 heterocycles. The SMILES string of the molecule is COc1cccc2c1nc(N)n1nc(CN3Cc4cc(C)cnc4C3)nc21. The summed E-state index contributed by atoms with van der Waals surface area (Å²) in [4.78, 5) is 16.0. The Bertz CT molecular complexity index is 1180. The molecule has 4 aromatic rings. The second kappa shape index (κ2) is 5.88. The van der Waals surface area contributed by atoms with Crippen LogP contribution in [0.15, 0.2) is 30.5 Å². The first-order valence-electron chi connectivity index (χ1n) is 8.77. The number of nitrogens with two attached hydrogens (primary N) is 1. The smallest absolute Gasteiger partial charge is 0.223 e. The Morgan fingerprint density at radius 2 is 2.11 bits per heavy atom. The van der Waals surface area contributed by atoms with Crippen LogP contribution in [-0.2, 0) is 19.6 Å². The normalized spacial score (nSPS) is 14.1. The summed E-state index contributed by atoms with van der Waals surface area (Å²) < 4.78 is 7.00. The van der Waals surface area contributed by atoms with Crippen LogP contribution in [0.3, 0.4) is 0 Å². The lowest BCUT2D eigenvalue weighted by Gasteiger charge is -2.10. The number of hydrogen-bond acceptors (Lipinski definition) is 7. The van der Waals surface area contributed by atoms with Gasteiger partial charge in [-0.05, 0) is 30.2 Å². The highest BCUT2D eigenvalue weighted by atomic mass is 16.5. The molecule has 5 rings (SSSR count). The van der Waals surface area contributed by atoms with Crippen LogP contribution in [-0.4, -0.2) is 36.6 Å². The highest BCUT2D eigenvalue weighted by Gasteiger charge is 2.22. The van der Waals surface area contributed by atoms with E-state index in [1.165, 1.54) is 11.1 Å². The van der Waals surface area contributed by atoms with Crippen molar-refractivity contribution in [3.63, 3.8) is 0 Å². The number of benzene rings is 1. The molecule has 8 heteroatoms. The van der Waals surface area contributed by atoms with Crippen LogP contribution in [0.4, 0.5) is 5.95 Å². The van der Waals surface area contributed by atoms with Gasteiger partial charge < -0.3 is 10.5 Å². The Morgan fingerprint density at radius 3 is 2.96 bits per heavy atom. The first kappa shape index (κ1) is 16.0. The molecule has 0 atom stereocenters. The maximum absolute atomic E-state index is 6.12. The van der Waals surface area contributed by atoms with Gasteiger partial charge in [-0.3, -0.25) is 9.88 Å². The van der Waals surface area contributed by atoms with Crippen molar-refractivity contribution in [3.8, 4) is 5.75 Å². The van der Waals surface area contributed by atoms with Crippen molar-refractivity contribution in [1.82, 2.24) is 29.5 Å². The number of fused-ring (bicyclic) bond motifs is 4. The van der Waals surface area contributed by atoms with Crippen LogP contribution in [0, 0.1) is 6.92 Å². The minimum Gasteiger partial charge on any atom is -0.494 e. The number of aromatic nitrogens is 5. The van der Waals surface area contributed by atoms with Crippen molar-refractivity contribution in [2.24, 2.45) is 0 Å². The number of aryl methyl sites for hydroxylation is 1. The van der Waals surface area contributed by atoms with E-state index in [1.807, 2.05) is 24.4 Å². The lowest BCUT2D eigenvalue weighted by Crippen LogP contribution is -2.16. The van der Waals surface area contributed by atoms with Gasteiger partial charge in [-0.1, -0.05) is 12.1 Å². The fraction of sp³-hybridized carbons (Fsp3) is 0.263. The third kappa shape index (κ3) is 2.57. The lowest BCUT2D eigenvalue weighted by atomic mass is 10.2. The molecule has 0 bridgehead atoms. The molecular formula is C19H19N7O. The van der Waals surface area contributed by atoms with Gasteiger partial charge in [0.05, 0.1) is 19.3 Å². The number of nitrogen functional groups attached to an aromatic ring is 1. The molecule has 0 saturated carbocycles. The van der Waals surface area contributed by atoms with Crippen molar-refractivity contribution in [3.05, 3.63) is 53.1 Å². The topological polar surface area (TPSA) is 94.5 Å². The van der Waals surface area contributed by atoms with Gasteiger partial charge in [-0.25, -0.2) is 9.97 Å². The lowest BCUT2D eigenvalue weighted by molar-refractivity contribution is 0.267. The summed E-state index contributed by atoms with van der Waals surface area (Å²) in [6.07, 6.45) is 1.91. The molecule has 27 heavy (non-hydrogen) atoms. The van der Waals surface area contributed by atoms with E-state index in [9.17, 15) is 0 Å². The number of anilines is 1. The highest BCUT2D eigenvalue weighted by Crippen LogP contribution is 2.28. The first-order chi connectivity index (χ1) is 13.1. The average molecular weight is 361 g/mol. The van der Waals surface area contributed by atoms with Crippen LogP contribution in [0.1, 0.15) is 22.6 Å². The summed E-state index contributed by atoms with van der Waals surface area (Å²) in [6, 6.07) is 7.93. The Balaban J connectivity index is 1.52. The van der Waals surface area contributed by atoms with E-state index >= 15 is 0 Å². The summed E-state index contributed by atoms with van der Waals surface area (Å²) in [6.45, 7) is 4.34. The van der Waals surface area contributed by atoms with Crippen LogP contribution < -0.4 is 10.5 Å². The Labute approximate surface area is 155 Å². The van der Waals surface area contributed by atoms with E-state index in [1.54, 1.807) is 11.6 Å². The van der Waals surface area contributed by atoms with Gasteiger partial charge in [-0.15, -0.1) is 5.10 Å². The number of nitrogens with zero attached hydrogens (tertiary/aromatic N) is 6. The molecule has 0 radical (unpaired) electrons. The minimum absolute atomic E-state index is 0.294. The zero-order chi connectivity index (χ0) is 18.5. The predicted octanol–water partition coefficient (Wildman–Crippen LogP) is 2.09. The number of para-hydroxylation sites is 1. The molecule has 1 aromatic carbocycles. The molecule has 3 aromatic heterocycles. The van der Waals surface area contributed by atoms with Crippen molar-refractivity contribution < 1.29 is 4.74 Å². The fourth-order valence-corrected chi connectivity index (χ4v) is 3.66. The second-order valence-electron chi connectivity index (χ2n) is 6.85. The third-order valence-electron chi connectivity index (χ3n) is 4.88. The maximum Gasteiger partial charge on any atom is 0.223 e. The standard InChI is InChI=1S/C19H19N7O/c1-11-6-12-8-25(9-14(12)21-7-11)10-16-22-18-13-4-3-5-15(27-2)17(13)23-19(20)26(18)24-16/h3-7H,8-10H2,1-2H3,(H2,20,23). The number of methoxy groups -OCH3 is 1. The number of pyridine rings is 1. The van der Waals surface area contributed by atoms with Gasteiger partial charge in [0, 0.05) is 24.7 Å². The van der Waals surface area contributed by atoms with Gasteiger partial charge in [0.1, 0.15) is 11.3 Å². The molecule has 0 fully saturated rings. The predicted molar refractivity (Wildman–Crippen MR) is 101 cm³/mol. The number of hydrogen-bond donors (Lipinski definition) is 1. The molecule has 0 unspecified atom stereocenters. The monoisotopic (exact) mass is 361 g/mol. The van der Waals surface area contributed by atoms with E-state index in [0.29, 0.717) is 35.2 Å². The van der Waals surface area contributed by atoms with Gasteiger partial charge in [0.15, 0.2) is 11.5 Å². The Morgan fingerprint density at radius 1 is 1.22 bits per heavy atom. The third-order valence-corrected chi connectivity index (χ3v) is 4.88. The Hall–Kier alpha value is -3.26. The zero-order valence-electron chi connectivity index (χ0n) is 15.2. The Kier molecular flexibility index (Phi) is 3.48. The molecule has 0 amide bonds. The molecular weight excluding hydrogens is 342 g/mol. The summed E-state index contributed by atoms with van der Waals surface area (Å²) in [7, 11) is 1.62. The molecule has 2 N–H and O–H groups in total. The maximum atomic E-state index is 6.12. The van der Waals surface area contributed by atoms with Crippen LogP contribution >= 0.6 is 0 Å². The number of ether oxygens (including phenoxy) is 1. The zero-order valence-corrected chi connectivity index (χ0v) is 15.2. The van der Waals surface area contributed by atoms with E-state index in [0.717, 1.165) is 24.2 Å². The van der Waals surface area contributed by atoms with Crippen LogP contribution in [0.5, 0.6) is 5.75 Å². The summed E-state index contributed by atoms with van der Waals surface area (Å²) in [5.41, 5.74) is 11.1. The van der Waals surface area contributed by atoms with Crippen LogP contribution in [0.25, 0.3) is 16.6 Å². The first-order valence-corrected chi connectivity index (χ1v) is 8.77. The van der Waals surface area contributed by atoms with E-state index in [-0.39, 0.29) is 0 Å².